The molecule has 0 aliphatic carbocycles. The highest BCUT2D eigenvalue weighted by molar-refractivity contribution is 6.00. The quantitative estimate of drug-likeness (QED) is 0.866. The molecule has 2 atom stereocenters. The molecule has 0 bridgehead atoms. The molecule has 128 valence electrons. The molecule has 2 fully saturated rings. The molecule has 0 saturated carbocycles. The number of carbonyl (C=O) groups is 1. The maximum absolute atomic E-state index is 13.2. The minimum absolute atomic E-state index is 0.0913. The van der Waals surface area contributed by atoms with Crippen molar-refractivity contribution in [3.63, 3.8) is 0 Å². The van der Waals surface area contributed by atoms with E-state index < -0.39 is 0 Å². The molecule has 2 aliphatic rings. The Labute approximate surface area is 142 Å². The van der Waals surface area contributed by atoms with Gasteiger partial charge in [0.1, 0.15) is 5.56 Å². The molecule has 0 unspecified atom stereocenters. The normalized spacial score (nSPS) is 25.0. The largest absolute Gasteiger partial charge is 0.334 e. The number of hydrogen-bond donors (Lipinski definition) is 0. The van der Waals surface area contributed by atoms with Crippen LogP contribution in [0.1, 0.15) is 48.7 Å². The third-order valence-corrected chi connectivity index (χ3v) is 5.56. The van der Waals surface area contributed by atoms with E-state index >= 15 is 0 Å². The zero-order chi connectivity index (χ0) is 16.7. The van der Waals surface area contributed by atoms with Crippen LogP contribution in [0.4, 0.5) is 0 Å². The highest BCUT2D eigenvalue weighted by Gasteiger charge is 2.40. The zero-order valence-corrected chi connectivity index (χ0v) is 14.5. The fourth-order valence-electron chi connectivity index (χ4n) is 4.39. The monoisotopic (exact) mass is 327 g/mol. The summed E-state index contributed by atoms with van der Waals surface area (Å²) in [4.78, 5) is 22.4. The van der Waals surface area contributed by atoms with Crippen LogP contribution in [0.25, 0.3) is 5.65 Å². The first-order valence-electron chi connectivity index (χ1n) is 9.05. The lowest BCUT2D eigenvalue weighted by Crippen LogP contribution is -2.48. The van der Waals surface area contributed by atoms with E-state index in [9.17, 15) is 4.79 Å². The summed E-state index contributed by atoms with van der Waals surface area (Å²) in [7, 11) is 0. The Bertz CT molecular complexity index is 755. The smallest absolute Gasteiger partial charge is 0.259 e. The van der Waals surface area contributed by atoms with E-state index in [0.29, 0.717) is 23.3 Å². The molecule has 2 aliphatic heterocycles. The van der Waals surface area contributed by atoms with Gasteiger partial charge in [-0.2, -0.15) is 5.10 Å². The second kappa shape index (κ2) is 6.16. The molecule has 2 saturated heterocycles. The van der Waals surface area contributed by atoms with Crippen LogP contribution in [0.15, 0.2) is 18.5 Å². The summed E-state index contributed by atoms with van der Waals surface area (Å²) in [5, 5.41) is 4.30. The van der Waals surface area contributed by atoms with Crippen molar-refractivity contribution in [2.75, 3.05) is 19.6 Å². The first-order valence-corrected chi connectivity index (χ1v) is 9.05. The molecule has 0 N–H and O–H groups in total. The van der Waals surface area contributed by atoms with Gasteiger partial charge in [-0.25, -0.2) is 9.50 Å². The number of rotatable bonds is 3. The van der Waals surface area contributed by atoms with Crippen LogP contribution in [0, 0.1) is 6.92 Å². The summed E-state index contributed by atoms with van der Waals surface area (Å²) in [6.45, 7) is 7.24. The standard InChI is InChI=1S/C18H25N5O/c1-3-21-9-4-6-15(21)16-7-5-10-22(16)18(24)14-12-19-23-11-8-13(2)20-17(14)23/h8,11-12,15-16H,3-7,9-10H2,1-2H3/t15-,16+/m0/s1. The van der Waals surface area contributed by atoms with Gasteiger partial charge in [0.25, 0.3) is 5.91 Å². The Morgan fingerprint density at radius 3 is 2.88 bits per heavy atom. The maximum atomic E-state index is 13.2. The number of likely N-dealkylation sites (N-methyl/N-ethyl adjacent to an activating group) is 1. The molecule has 0 aromatic carbocycles. The van der Waals surface area contributed by atoms with Crippen LogP contribution in [0.3, 0.4) is 0 Å². The van der Waals surface area contributed by atoms with Crippen LogP contribution in [0.2, 0.25) is 0 Å². The number of carbonyl (C=O) groups excluding carboxylic acids is 1. The first kappa shape index (κ1) is 15.6. The molecular weight excluding hydrogens is 302 g/mol. The summed E-state index contributed by atoms with van der Waals surface area (Å²) in [6, 6.07) is 2.75. The fraction of sp³-hybridized carbons (Fsp3) is 0.611. The van der Waals surface area contributed by atoms with Gasteiger partial charge in [0.05, 0.1) is 6.20 Å². The van der Waals surface area contributed by atoms with Crippen LogP contribution < -0.4 is 0 Å². The lowest BCUT2D eigenvalue weighted by atomic mass is 10.0. The number of nitrogens with zero attached hydrogens (tertiary/aromatic N) is 5. The zero-order valence-electron chi connectivity index (χ0n) is 14.5. The Morgan fingerprint density at radius 2 is 2.04 bits per heavy atom. The molecular formula is C18H25N5O. The molecule has 24 heavy (non-hydrogen) atoms. The highest BCUT2D eigenvalue weighted by atomic mass is 16.2. The Kier molecular flexibility index (Phi) is 4.00. The maximum Gasteiger partial charge on any atom is 0.259 e. The van der Waals surface area contributed by atoms with Crippen LogP contribution >= 0.6 is 0 Å². The average Bonchev–Trinajstić information content (AvgIpc) is 3.31. The van der Waals surface area contributed by atoms with Crippen molar-refractivity contribution in [1.82, 2.24) is 24.4 Å². The van der Waals surface area contributed by atoms with Gasteiger partial charge in [0.2, 0.25) is 0 Å². The van der Waals surface area contributed by atoms with E-state index in [2.05, 4.69) is 26.8 Å². The topological polar surface area (TPSA) is 53.7 Å². The number of likely N-dealkylation sites (tertiary alicyclic amines) is 2. The summed E-state index contributed by atoms with van der Waals surface area (Å²) in [6.07, 6.45) is 8.19. The van der Waals surface area contributed by atoms with Gasteiger partial charge < -0.3 is 4.90 Å². The van der Waals surface area contributed by atoms with E-state index in [-0.39, 0.29) is 5.91 Å². The lowest BCUT2D eigenvalue weighted by Gasteiger charge is -2.34. The Hall–Kier alpha value is -1.95. The number of fused-ring (bicyclic) bond motifs is 1. The molecule has 4 rings (SSSR count). The predicted molar refractivity (Wildman–Crippen MR) is 92.1 cm³/mol. The van der Waals surface area contributed by atoms with Crippen molar-refractivity contribution in [2.45, 2.75) is 51.6 Å². The van der Waals surface area contributed by atoms with Gasteiger partial charge in [0.15, 0.2) is 5.65 Å². The van der Waals surface area contributed by atoms with Gasteiger partial charge >= 0.3 is 0 Å². The number of amides is 1. The molecule has 6 heteroatoms. The molecule has 2 aromatic heterocycles. The molecule has 0 radical (unpaired) electrons. The summed E-state index contributed by atoms with van der Waals surface area (Å²) in [5.41, 5.74) is 2.21. The van der Waals surface area contributed by atoms with Crippen molar-refractivity contribution in [2.24, 2.45) is 0 Å². The second-order valence-electron chi connectivity index (χ2n) is 6.94. The minimum atomic E-state index is 0.0913. The third kappa shape index (κ3) is 2.49. The van der Waals surface area contributed by atoms with E-state index in [0.717, 1.165) is 38.2 Å². The minimum Gasteiger partial charge on any atom is -0.334 e. The lowest BCUT2D eigenvalue weighted by molar-refractivity contribution is 0.0651. The van der Waals surface area contributed by atoms with Gasteiger partial charge in [-0.1, -0.05) is 6.92 Å². The van der Waals surface area contributed by atoms with E-state index in [1.54, 1.807) is 10.7 Å². The fourth-order valence-corrected chi connectivity index (χ4v) is 4.39. The molecule has 2 aromatic rings. The Balaban J connectivity index is 1.64. The SMILES string of the molecule is CCN1CCC[C@H]1[C@H]1CCCN1C(=O)c1cnn2ccc(C)nc12. The second-order valence-corrected chi connectivity index (χ2v) is 6.94. The first-order chi connectivity index (χ1) is 11.7. The van der Waals surface area contributed by atoms with Gasteiger partial charge in [-0.3, -0.25) is 9.69 Å². The van der Waals surface area contributed by atoms with Crippen molar-refractivity contribution < 1.29 is 4.79 Å². The van der Waals surface area contributed by atoms with Crippen molar-refractivity contribution >= 4 is 11.6 Å². The van der Waals surface area contributed by atoms with Crippen LogP contribution in [0.5, 0.6) is 0 Å². The van der Waals surface area contributed by atoms with Gasteiger partial charge in [-0.15, -0.1) is 0 Å². The molecule has 4 heterocycles. The number of aromatic nitrogens is 3. The van der Waals surface area contributed by atoms with E-state index in [4.69, 9.17) is 0 Å². The molecule has 1 amide bonds. The van der Waals surface area contributed by atoms with E-state index in [1.807, 2.05) is 19.2 Å². The van der Waals surface area contributed by atoms with Crippen molar-refractivity contribution in [3.05, 3.63) is 29.7 Å². The van der Waals surface area contributed by atoms with Crippen LogP contribution in [-0.2, 0) is 0 Å². The van der Waals surface area contributed by atoms with Crippen LogP contribution in [-0.4, -0.2) is 62.0 Å². The average molecular weight is 327 g/mol. The van der Waals surface area contributed by atoms with Gasteiger partial charge in [-0.05, 0) is 51.8 Å². The van der Waals surface area contributed by atoms with Gasteiger partial charge in [0, 0.05) is 30.5 Å². The third-order valence-electron chi connectivity index (χ3n) is 5.56. The Morgan fingerprint density at radius 1 is 1.25 bits per heavy atom. The summed E-state index contributed by atoms with van der Waals surface area (Å²) >= 11 is 0. The van der Waals surface area contributed by atoms with E-state index in [1.165, 1.54) is 12.8 Å². The highest BCUT2D eigenvalue weighted by Crippen LogP contribution is 2.31. The number of aryl methyl sites for hydroxylation is 1. The summed E-state index contributed by atoms with van der Waals surface area (Å²) in [5.74, 6) is 0.0913. The van der Waals surface area contributed by atoms with Crippen molar-refractivity contribution in [1.29, 1.82) is 0 Å². The summed E-state index contributed by atoms with van der Waals surface area (Å²) < 4.78 is 1.69. The molecule has 6 nitrogen and oxygen atoms in total. The number of hydrogen-bond acceptors (Lipinski definition) is 4. The van der Waals surface area contributed by atoms with Crippen molar-refractivity contribution in [3.8, 4) is 0 Å². The predicted octanol–water partition coefficient (Wildman–Crippen LogP) is 2.13. The molecule has 0 spiro atoms.